The summed E-state index contributed by atoms with van der Waals surface area (Å²) in [5.41, 5.74) is 1.05. The number of benzene rings is 1. The summed E-state index contributed by atoms with van der Waals surface area (Å²) in [6.45, 7) is 0. The van der Waals surface area contributed by atoms with Gasteiger partial charge in [-0.05, 0) is 11.6 Å². The van der Waals surface area contributed by atoms with Crippen LogP contribution in [0.4, 0.5) is 0 Å². The predicted molar refractivity (Wildman–Crippen MR) is 67.2 cm³/mol. The number of nitrogens with zero attached hydrogens (tertiary/aromatic N) is 2. The summed E-state index contributed by atoms with van der Waals surface area (Å²) in [5, 5.41) is 12.3. The Bertz CT molecular complexity index is 554. The van der Waals surface area contributed by atoms with Crippen LogP contribution in [0.2, 0.25) is 0 Å². The molecule has 5 nitrogen and oxygen atoms in total. The van der Waals surface area contributed by atoms with Crippen molar-refractivity contribution >= 4 is 21.9 Å². The van der Waals surface area contributed by atoms with Gasteiger partial charge < -0.3 is 9.63 Å². The van der Waals surface area contributed by atoms with E-state index in [0.29, 0.717) is 18.1 Å². The van der Waals surface area contributed by atoms with Crippen LogP contribution in [0.1, 0.15) is 23.7 Å². The highest BCUT2D eigenvalue weighted by Gasteiger charge is 2.10. The van der Waals surface area contributed by atoms with E-state index in [0.717, 1.165) is 10.0 Å². The smallest absolute Gasteiger partial charge is 0.303 e. The maximum atomic E-state index is 10.4. The van der Waals surface area contributed by atoms with Crippen LogP contribution in [-0.2, 0) is 17.6 Å². The Kier molecular flexibility index (Phi) is 4.09. The number of hydrogen-bond acceptors (Lipinski definition) is 4. The lowest BCUT2D eigenvalue weighted by molar-refractivity contribution is -0.137. The molecule has 0 aliphatic carbocycles. The molecule has 6 heteroatoms. The second kappa shape index (κ2) is 5.77. The number of aliphatic carboxylic acids is 1. The van der Waals surface area contributed by atoms with Crippen molar-refractivity contribution in [3.05, 3.63) is 46.0 Å². The first kappa shape index (κ1) is 12.8. The largest absolute Gasteiger partial charge is 0.481 e. The summed E-state index contributed by atoms with van der Waals surface area (Å²) < 4.78 is 6.06. The highest BCUT2D eigenvalue weighted by atomic mass is 79.9. The molecule has 0 radical (unpaired) electrons. The van der Waals surface area contributed by atoms with Crippen LogP contribution in [0.25, 0.3) is 0 Å². The molecule has 0 aliphatic heterocycles. The third-order valence-corrected chi connectivity index (χ3v) is 3.15. The maximum Gasteiger partial charge on any atom is 0.303 e. The average Bonchev–Trinajstić information content (AvgIpc) is 2.77. The van der Waals surface area contributed by atoms with Crippen molar-refractivity contribution in [3.63, 3.8) is 0 Å². The molecular formula is C12H11BrN2O3. The van der Waals surface area contributed by atoms with Gasteiger partial charge in [-0.3, -0.25) is 4.79 Å². The summed E-state index contributed by atoms with van der Waals surface area (Å²) in [4.78, 5) is 14.6. The van der Waals surface area contributed by atoms with Crippen LogP contribution in [0.3, 0.4) is 0 Å². The predicted octanol–water partition coefficient (Wildman–Crippen LogP) is 2.44. The van der Waals surface area contributed by atoms with Gasteiger partial charge in [-0.25, -0.2) is 0 Å². The van der Waals surface area contributed by atoms with Crippen molar-refractivity contribution < 1.29 is 14.4 Å². The van der Waals surface area contributed by atoms with Crippen LogP contribution in [-0.4, -0.2) is 21.2 Å². The average molecular weight is 311 g/mol. The second-order valence-corrected chi connectivity index (χ2v) is 4.62. The number of carboxylic acid groups (broad SMARTS) is 1. The number of rotatable bonds is 5. The van der Waals surface area contributed by atoms with Gasteiger partial charge in [0.2, 0.25) is 5.89 Å². The third-order valence-electron chi connectivity index (χ3n) is 2.37. The fraction of sp³-hybridized carbons (Fsp3) is 0.250. The minimum atomic E-state index is -0.868. The van der Waals surface area contributed by atoms with E-state index in [1.807, 2.05) is 24.3 Å². The van der Waals surface area contributed by atoms with E-state index >= 15 is 0 Å². The molecule has 0 atom stereocenters. The number of aromatic nitrogens is 2. The molecule has 2 rings (SSSR count). The monoisotopic (exact) mass is 310 g/mol. The Labute approximate surface area is 112 Å². The number of aryl methyl sites for hydroxylation is 1. The van der Waals surface area contributed by atoms with Gasteiger partial charge in [0.1, 0.15) is 0 Å². The highest BCUT2D eigenvalue weighted by Crippen LogP contribution is 2.18. The molecule has 0 fully saturated rings. The Morgan fingerprint density at radius 1 is 1.39 bits per heavy atom. The first-order valence-electron chi connectivity index (χ1n) is 5.42. The van der Waals surface area contributed by atoms with E-state index in [1.54, 1.807) is 0 Å². The summed E-state index contributed by atoms with van der Waals surface area (Å²) in [5.74, 6) is 0.0499. The Morgan fingerprint density at radius 3 is 2.89 bits per heavy atom. The molecule has 0 bridgehead atoms. The van der Waals surface area contributed by atoms with E-state index < -0.39 is 5.97 Å². The zero-order valence-corrected chi connectivity index (χ0v) is 11.1. The number of carbonyl (C=O) groups is 1. The molecule has 0 saturated carbocycles. The normalized spacial score (nSPS) is 10.5. The van der Waals surface area contributed by atoms with Crippen molar-refractivity contribution in [2.75, 3.05) is 0 Å². The fourth-order valence-corrected chi connectivity index (χ4v) is 1.91. The van der Waals surface area contributed by atoms with Gasteiger partial charge in [-0.1, -0.05) is 39.3 Å². The molecule has 1 aromatic heterocycles. The summed E-state index contributed by atoms with van der Waals surface area (Å²) >= 11 is 3.44. The standard InChI is InChI=1S/C12H11BrN2O3/c13-9-4-2-1-3-8(9)7-11-14-10(15-18-11)5-6-12(16)17/h1-4H,5-7H2,(H,16,17). The van der Waals surface area contributed by atoms with Gasteiger partial charge in [-0.2, -0.15) is 4.98 Å². The molecule has 1 aromatic carbocycles. The van der Waals surface area contributed by atoms with Crippen molar-refractivity contribution in [3.8, 4) is 0 Å². The number of carboxylic acids is 1. The van der Waals surface area contributed by atoms with Crippen molar-refractivity contribution in [2.24, 2.45) is 0 Å². The minimum Gasteiger partial charge on any atom is -0.481 e. The van der Waals surface area contributed by atoms with Crippen molar-refractivity contribution in [1.82, 2.24) is 10.1 Å². The van der Waals surface area contributed by atoms with E-state index in [-0.39, 0.29) is 12.8 Å². The van der Waals surface area contributed by atoms with Crippen molar-refractivity contribution in [2.45, 2.75) is 19.3 Å². The topological polar surface area (TPSA) is 76.2 Å². The summed E-state index contributed by atoms with van der Waals surface area (Å²) in [6, 6.07) is 7.77. The lowest BCUT2D eigenvalue weighted by atomic mass is 10.1. The molecule has 0 spiro atoms. The van der Waals surface area contributed by atoms with Crippen LogP contribution in [0.5, 0.6) is 0 Å². The SMILES string of the molecule is O=C(O)CCc1noc(Cc2ccccc2Br)n1. The van der Waals surface area contributed by atoms with E-state index in [1.165, 1.54) is 0 Å². The molecule has 0 unspecified atom stereocenters. The molecule has 1 N–H and O–H groups in total. The molecule has 0 saturated heterocycles. The highest BCUT2D eigenvalue weighted by molar-refractivity contribution is 9.10. The molecule has 1 heterocycles. The summed E-state index contributed by atoms with van der Waals surface area (Å²) in [6.07, 6.45) is 0.824. The quantitative estimate of drug-likeness (QED) is 0.918. The van der Waals surface area contributed by atoms with Crippen LogP contribution >= 0.6 is 15.9 Å². The summed E-state index contributed by atoms with van der Waals surface area (Å²) in [7, 11) is 0. The lowest BCUT2D eigenvalue weighted by Crippen LogP contribution is -1.99. The lowest BCUT2D eigenvalue weighted by Gasteiger charge is -1.99. The molecule has 18 heavy (non-hydrogen) atoms. The van der Waals surface area contributed by atoms with Gasteiger partial charge in [0, 0.05) is 10.9 Å². The van der Waals surface area contributed by atoms with Gasteiger partial charge in [0.25, 0.3) is 0 Å². The van der Waals surface area contributed by atoms with E-state index in [4.69, 9.17) is 9.63 Å². The van der Waals surface area contributed by atoms with Crippen LogP contribution in [0, 0.1) is 0 Å². The zero-order chi connectivity index (χ0) is 13.0. The molecule has 0 amide bonds. The van der Waals surface area contributed by atoms with E-state index in [9.17, 15) is 4.79 Å². The fourth-order valence-electron chi connectivity index (χ4n) is 1.49. The zero-order valence-electron chi connectivity index (χ0n) is 9.47. The van der Waals surface area contributed by atoms with Gasteiger partial charge in [-0.15, -0.1) is 0 Å². The molecule has 94 valence electrons. The van der Waals surface area contributed by atoms with Gasteiger partial charge >= 0.3 is 5.97 Å². The second-order valence-electron chi connectivity index (χ2n) is 3.77. The number of halogens is 1. The van der Waals surface area contributed by atoms with Crippen LogP contribution < -0.4 is 0 Å². The Hall–Kier alpha value is -1.69. The third kappa shape index (κ3) is 3.40. The van der Waals surface area contributed by atoms with E-state index in [2.05, 4.69) is 26.1 Å². The van der Waals surface area contributed by atoms with Gasteiger partial charge in [0.05, 0.1) is 12.8 Å². The maximum absolute atomic E-state index is 10.4. The molecule has 0 aliphatic rings. The van der Waals surface area contributed by atoms with Crippen LogP contribution in [0.15, 0.2) is 33.3 Å². The molecule has 2 aromatic rings. The first-order chi connectivity index (χ1) is 8.65. The molecular weight excluding hydrogens is 300 g/mol. The minimum absolute atomic E-state index is 0.00794. The van der Waals surface area contributed by atoms with Crippen molar-refractivity contribution in [1.29, 1.82) is 0 Å². The Morgan fingerprint density at radius 2 is 2.17 bits per heavy atom. The first-order valence-corrected chi connectivity index (χ1v) is 6.21. The number of hydrogen-bond donors (Lipinski definition) is 1. The van der Waals surface area contributed by atoms with Gasteiger partial charge in [0.15, 0.2) is 5.82 Å². The Balaban J connectivity index is 2.02.